The lowest BCUT2D eigenvalue weighted by Crippen LogP contribution is -2.25. The molecule has 0 saturated carbocycles. The molecule has 0 aromatic rings. The number of rotatable bonds is 3. The molecule has 0 radical (unpaired) electrons. The fourth-order valence-corrected chi connectivity index (χ4v) is 0.768. The number of hydrogen-bond acceptors (Lipinski definition) is 2. The summed E-state index contributed by atoms with van der Waals surface area (Å²) in [6.07, 6.45) is 0.225. The maximum absolute atomic E-state index is 10.3. The summed E-state index contributed by atoms with van der Waals surface area (Å²) in [4.78, 5) is 10.3. The second-order valence-electron chi connectivity index (χ2n) is 2.51. The molecular formula is C5H10O3P+. The molecule has 4 heteroatoms. The van der Waals surface area contributed by atoms with E-state index in [0.29, 0.717) is 0 Å². The van der Waals surface area contributed by atoms with E-state index in [4.69, 9.17) is 5.11 Å². The lowest BCUT2D eigenvalue weighted by molar-refractivity contribution is -0.145. The second-order valence-corrected chi connectivity index (χ2v) is 3.15. The molecule has 1 N–H and O–H groups in total. The highest BCUT2D eigenvalue weighted by molar-refractivity contribution is 7.23. The molecule has 0 saturated heterocycles. The van der Waals surface area contributed by atoms with Crippen LogP contribution < -0.4 is 0 Å². The predicted octanol–water partition coefficient (Wildman–Crippen LogP) is 1.12. The summed E-state index contributed by atoms with van der Waals surface area (Å²) < 4.78 is 10.0. The van der Waals surface area contributed by atoms with E-state index < -0.39 is 19.8 Å². The molecule has 0 fully saturated rings. The number of aliphatic carboxylic acids is 1. The van der Waals surface area contributed by atoms with Gasteiger partial charge in [0.15, 0.2) is 6.16 Å². The van der Waals surface area contributed by atoms with Crippen molar-refractivity contribution in [2.75, 3.05) is 6.16 Å². The molecule has 52 valence electrons. The van der Waals surface area contributed by atoms with Crippen LogP contribution >= 0.6 is 8.46 Å². The summed E-state index contributed by atoms with van der Waals surface area (Å²) in [5, 5.41) is 8.44. The van der Waals surface area contributed by atoms with Crippen molar-refractivity contribution in [2.45, 2.75) is 13.8 Å². The lowest BCUT2D eigenvalue weighted by atomic mass is 9.97. The van der Waals surface area contributed by atoms with Gasteiger partial charge in [0.25, 0.3) is 0 Å². The third-order valence-electron chi connectivity index (χ3n) is 1.09. The van der Waals surface area contributed by atoms with Gasteiger partial charge in [-0.25, -0.2) is 0 Å². The maximum atomic E-state index is 10.3. The number of hydrogen-bond donors (Lipinski definition) is 1. The largest absolute Gasteiger partial charge is 0.481 e. The van der Waals surface area contributed by atoms with Crippen molar-refractivity contribution in [3.8, 4) is 0 Å². The van der Waals surface area contributed by atoms with E-state index in [-0.39, 0.29) is 6.16 Å². The van der Waals surface area contributed by atoms with Gasteiger partial charge in [-0.15, -0.1) is 0 Å². The van der Waals surface area contributed by atoms with Crippen molar-refractivity contribution in [3.63, 3.8) is 0 Å². The molecule has 3 nitrogen and oxygen atoms in total. The minimum Gasteiger partial charge on any atom is -0.481 e. The van der Waals surface area contributed by atoms with Gasteiger partial charge in [-0.2, -0.15) is 0 Å². The van der Waals surface area contributed by atoms with Crippen molar-refractivity contribution >= 4 is 14.4 Å². The van der Waals surface area contributed by atoms with Crippen LogP contribution in [0.15, 0.2) is 0 Å². The lowest BCUT2D eigenvalue weighted by Gasteiger charge is -2.09. The Hall–Kier alpha value is -0.430. The van der Waals surface area contributed by atoms with Gasteiger partial charge < -0.3 is 5.11 Å². The van der Waals surface area contributed by atoms with E-state index in [0.717, 1.165) is 0 Å². The molecule has 0 heterocycles. The Morgan fingerprint density at radius 1 is 1.67 bits per heavy atom. The molecule has 0 aliphatic heterocycles. The summed E-state index contributed by atoms with van der Waals surface area (Å²) >= 11 is 0. The molecule has 0 aromatic carbocycles. The predicted molar refractivity (Wildman–Crippen MR) is 35.3 cm³/mol. The fourth-order valence-electron chi connectivity index (χ4n) is 0.256. The number of carboxylic acid groups (broad SMARTS) is 1. The molecule has 1 unspecified atom stereocenters. The smallest absolute Gasteiger partial charge is 0.326 e. The molecule has 0 aliphatic rings. The van der Waals surface area contributed by atoms with Crippen molar-refractivity contribution < 1.29 is 14.5 Å². The second kappa shape index (κ2) is 2.92. The molecular weight excluding hydrogens is 139 g/mol. The van der Waals surface area contributed by atoms with Gasteiger partial charge in [-0.1, -0.05) is 4.57 Å². The van der Waals surface area contributed by atoms with Crippen LogP contribution in [0.1, 0.15) is 13.8 Å². The molecule has 0 aromatic heterocycles. The van der Waals surface area contributed by atoms with Gasteiger partial charge in [0.2, 0.25) is 0 Å². The maximum Gasteiger partial charge on any atom is 0.326 e. The molecule has 0 bridgehead atoms. The van der Waals surface area contributed by atoms with Crippen molar-refractivity contribution in [3.05, 3.63) is 0 Å². The molecule has 9 heavy (non-hydrogen) atoms. The SMILES string of the molecule is CC(C)(C[PH+]=O)C(=O)O. The standard InChI is InChI=1S/C5H9O3P/c1-5(2,3-9-8)4(6)7/h3H2,1-2H3,(H,6,7)/p+1. The summed E-state index contributed by atoms with van der Waals surface area (Å²) in [6, 6.07) is 0. The first-order valence-corrected chi connectivity index (χ1v) is 3.70. The minimum atomic E-state index is -0.897. The normalized spacial score (nSPS) is 11.8. The minimum absolute atomic E-state index is 0.225. The van der Waals surface area contributed by atoms with Crippen molar-refractivity contribution in [2.24, 2.45) is 5.41 Å². The zero-order valence-corrected chi connectivity index (χ0v) is 6.47. The van der Waals surface area contributed by atoms with Gasteiger partial charge >= 0.3 is 14.4 Å². The van der Waals surface area contributed by atoms with Gasteiger partial charge in [-0.05, 0) is 13.8 Å². The van der Waals surface area contributed by atoms with Crippen LogP contribution in [0.25, 0.3) is 0 Å². The van der Waals surface area contributed by atoms with Gasteiger partial charge in [0.05, 0.1) is 0 Å². The van der Waals surface area contributed by atoms with E-state index in [1.165, 1.54) is 0 Å². The highest BCUT2D eigenvalue weighted by Gasteiger charge is 2.30. The quantitative estimate of drug-likeness (QED) is 0.611. The Balaban J connectivity index is 4.00. The Labute approximate surface area is 55.3 Å². The summed E-state index contributed by atoms with van der Waals surface area (Å²) in [5.74, 6) is -0.897. The van der Waals surface area contributed by atoms with Crippen molar-refractivity contribution in [1.29, 1.82) is 0 Å². The first-order chi connectivity index (χ1) is 4.00. The number of carbonyl (C=O) groups is 1. The van der Waals surface area contributed by atoms with E-state index in [2.05, 4.69) is 0 Å². The summed E-state index contributed by atoms with van der Waals surface area (Å²) in [6.45, 7) is 3.11. The Morgan fingerprint density at radius 3 is 2.22 bits per heavy atom. The van der Waals surface area contributed by atoms with Crippen LogP contribution in [-0.4, -0.2) is 17.2 Å². The van der Waals surface area contributed by atoms with Gasteiger partial charge in [0, 0.05) is 0 Å². The highest BCUT2D eigenvalue weighted by atomic mass is 31.1. The van der Waals surface area contributed by atoms with Crippen LogP contribution in [0.5, 0.6) is 0 Å². The molecule has 1 atom stereocenters. The molecule has 0 aliphatic carbocycles. The van der Waals surface area contributed by atoms with Crippen LogP contribution in [0.4, 0.5) is 0 Å². The zero-order valence-electron chi connectivity index (χ0n) is 5.47. The van der Waals surface area contributed by atoms with Crippen LogP contribution in [0.3, 0.4) is 0 Å². The third-order valence-corrected chi connectivity index (χ3v) is 2.12. The monoisotopic (exact) mass is 149 g/mol. The average molecular weight is 149 g/mol. The van der Waals surface area contributed by atoms with Gasteiger partial charge in [0.1, 0.15) is 5.41 Å². The molecule has 0 amide bonds. The van der Waals surface area contributed by atoms with E-state index >= 15 is 0 Å². The van der Waals surface area contributed by atoms with E-state index in [1.54, 1.807) is 13.8 Å². The first kappa shape index (κ1) is 8.57. The summed E-state index contributed by atoms with van der Waals surface area (Å²) in [7, 11) is -0.529. The average Bonchev–Trinajstić information content (AvgIpc) is 1.65. The van der Waals surface area contributed by atoms with Crippen LogP contribution in [0, 0.1) is 5.41 Å². The van der Waals surface area contributed by atoms with Crippen LogP contribution in [-0.2, 0) is 9.36 Å². The Kier molecular flexibility index (Phi) is 2.78. The fraction of sp³-hybridized carbons (Fsp3) is 0.800. The number of carboxylic acids is 1. The Morgan fingerprint density at radius 2 is 2.11 bits per heavy atom. The Bertz CT molecular complexity index is 130. The highest BCUT2D eigenvalue weighted by Crippen LogP contribution is 2.19. The topological polar surface area (TPSA) is 54.4 Å². The van der Waals surface area contributed by atoms with E-state index in [1.807, 2.05) is 0 Å². The zero-order chi connectivity index (χ0) is 7.49. The third kappa shape index (κ3) is 2.56. The summed E-state index contributed by atoms with van der Waals surface area (Å²) in [5.41, 5.74) is -0.833. The molecule has 0 rings (SSSR count). The van der Waals surface area contributed by atoms with Crippen molar-refractivity contribution in [1.82, 2.24) is 0 Å². The van der Waals surface area contributed by atoms with Gasteiger partial charge in [-0.3, -0.25) is 4.79 Å². The molecule has 0 spiro atoms. The first-order valence-electron chi connectivity index (χ1n) is 2.59. The van der Waals surface area contributed by atoms with E-state index in [9.17, 15) is 9.36 Å². The van der Waals surface area contributed by atoms with Crippen LogP contribution in [0.2, 0.25) is 0 Å².